The second-order valence-corrected chi connectivity index (χ2v) is 5.70. The van der Waals surface area contributed by atoms with Crippen molar-refractivity contribution in [3.63, 3.8) is 0 Å². The molecule has 5 heteroatoms. The highest BCUT2D eigenvalue weighted by Gasteiger charge is 2.07. The largest absolute Gasteiger partial charge is 0.350 e. The third-order valence-electron chi connectivity index (χ3n) is 3.42. The van der Waals surface area contributed by atoms with Crippen LogP contribution in [0.15, 0.2) is 41.5 Å². The lowest BCUT2D eigenvalue weighted by Gasteiger charge is -2.09. The van der Waals surface area contributed by atoms with Crippen LogP contribution in [0.1, 0.15) is 36.6 Å². The smallest absolute Gasteiger partial charge is 0.254 e. The van der Waals surface area contributed by atoms with Crippen LogP contribution >= 0.6 is 0 Å². The molecule has 1 aromatic carbocycles. The first-order chi connectivity index (χ1) is 10.5. The minimum absolute atomic E-state index is 0.0178. The van der Waals surface area contributed by atoms with Crippen molar-refractivity contribution in [1.29, 1.82) is 0 Å². The van der Waals surface area contributed by atoms with Crippen LogP contribution in [0.4, 0.5) is 0 Å². The predicted molar refractivity (Wildman–Crippen MR) is 85.6 cm³/mol. The van der Waals surface area contributed by atoms with E-state index in [0.717, 1.165) is 11.3 Å². The number of nitrogens with zero attached hydrogens (tertiary/aromatic N) is 2. The van der Waals surface area contributed by atoms with E-state index < -0.39 is 0 Å². The fourth-order valence-electron chi connectivity index (χ4n) is 1.99. The molecule has 116 valence electrons. The number of carbonyl (C=O) groups is 1. The standard InChI is InChI=1S/C17H21N3O2/c1-12(2)15-8-17(22)20(11-19-15)10-16(21)18-9-14-6-4-13(3)5-7-14/h4-8,11-12H,9-10H2,1-3H3,(H,18,21). The number of benzene rings is 1. The van der Waals surface area contributed by atoms with Crippen LogP contribution in [-0.4, -0.2) is 15.5 Å². The summed E-state index contributed by atoms with van der Waals surface area (Å²) >= 11 is 0. The monoisotopic (exact) mass is 299 g/mol. The van der Waals surface area contributed by atoms with Gasteiger partial charge in [0.2, 0.25) is 5.91 Å². The summed E-state index contributed by atoms with van der Waals surface area (Å²) in [5.74, 6) is -0.0144. The molecule has 2 rings (SSSR count). The third kappa shape index (κ3) is 4.28. The van der Waals surface area contributed by atoms with E-state index in [4.69, 9.17) is 0 Å². The summed E-state index contributed by atoms with van der Waals surface area (Å²) in [5.41, 5.74) is 2.74. The number of amides is 1. The van der Waals surface area contributed by atoms with E-state index in [1.54, 1.807) is 0 Å². The van der Waals surface area contributed by atoms with Crippen molar-refractivity contribution in [3.8, 4) is 0 Å². The second kappa shape index (κ2) is 7.02. The maximum atomic E-state index is 11.9. The molecule has 0 fully saturated rings. The van der Waals surface area contributed by atoms with Crippen LogP contribution in [0.2, 0.25) is 0 Å². The molecular weight excluding hydrogens is 278 g/mol. The SMILES string of the molecule is Cc1ccc(CNC(=O)Cn2cnc(C(C)C)cc2=O)cc1. The van der Waals surface area contributed by atoms with Crippen molar-refractivity contribution in [2.45, 2.75) is 39.8 Å². The van der Waals surface area contributed by atoms with Crippen molar-refractivity contribution < 1.29 is 4.79 Å². The molecule has 0 radical (unpaired) electrons. The average Bonchev–Trinajstić information content (AvgIpc) is 2.48. The molecule has 1 aromatic heterocycles. The normalized spacial score (nSPS) is 10.7. The number of hydrogen-bond donors (Lipinski definition) is 1. The molecule has 0 aliphatic rings. The maximum Gasteiger partial charge on any atom is 0.254 e. The topological polar surface area (TPSA) is 64.0 Å². The molecule has 22 heavy (non-hydrogen) atoms. The molecule has 2 aromatic rings. The van der Waals surface area contributed by atoms with Gasteiger partial charge in [-0.25, -0.2) is 4.98 Å². The summed E-state index contributed by atoms with van der Waals surface area (Å²) in [5, 5.41) is 2.81. The van der Waals surface area contributed by atoms with Gasteiger partial charge in [-0.15, -0.1) is 0 Å². The minimum Gasteiger partial charge on any atom is -0.350 e. The molecule has 0 spiro atoms. The summed E-state index contributed by atoms with van der Waals surface area (Å²) in [7, 11) is 0. The molecule has 0 atom stereocenters. The van der Waals surface area contributed by atoms with Crippen LogP contribution < -0.4 is 10.9 Å². The van der Waals surface area contributed by atoms with Crippen LogP contribution in [0.5, 0.6) is 0 Å². The highest BCUT2D eigenvalue weighted by molar-refractivity contribution is 5.75. The van der Waals surface area contributed by atoms with Gasteiger partial charge >= 0.3 is 0 Å². The Bertz CT molecular complexity index is 703. The molecule has 5 nitrogen and oxygen atoms in total. The van der Waals surface area contributed by atoms with E-state index in [9.17, 15) is 9.59 Å². The highest BCUT2D eigenvalue weighted by atomic mass is 16.2. The lowest BCUT2D eigenvalue weighted by atomic mass is 10.1. The average molecular weight is 299 g/mol. The molecule has 1 N–H and O–H groups in total. The first-order valence-electron chi connectivity index (χ1n) is 7.34. The molecule has 0 aliphatic carbocycles. The van der Waals surface area contributed by atoms with Crippen LogP contribution in [-0.2, 0) is 17.9 Å². The summed E-state index contributed by atoms with van der Waals surface area (Å²) in [6.07, 6.45) is 1.43. The van der Waals surface area contributed by atoms with Crippen LogP contribution in [0, 0.1) is 6.92 Å². The van der Waals surface area contributed by atoms with Gasteiger partial charge in [0.25, 0.3) is 5.56 Å². The Morgan fingerprint density at radius 1 is 1.27 bits per heavy atom. The van der Waals surface area contributed by atoms with E-state index >= 15 is 0 Å². The fraction of sp³-hybridized carbons (Fsp3) is 0.353. The molecule has 0 unspecified atom stereocenters. The van der Waals surface area contributed by atoms with E-state index in [1.807, 2.05) is 45.0 Å². The molecule has 1 heterocycles. The quantitative estimate of drug-likeness (QED) is 0.918. The Kier molecular flexibility index (Phi) is 5.09. The second-order valence-electron chi connectivity index (χ2n) is 5.70. The van der Waals surface area contributed by atoms with E-state index in [2.05, 4.69) is 10.3 Å². The first-order valence-corrected chi connectivity index (χ1v) is 7.34. The van der Waals surface area contributed by atoms with Gasteiger partial charge in [0.05, 0.1) is 12.0 Å². The van der Waals surface area contributed by atoms with Crippen molar-refractivity contribution >= 4 is 5.91 Å². The summed E-state index contributed by atoms with van der Waals surface area (Å²) in [4.78, 5) is 28.1. The maximum absolute atomic E-state index is 11.9. The van der Waals surface area contributed by atoms with E-state index in [1.165, 1.54) is 22.5 Å². The van der Waals surface area contributed by atoms with Gasteiger partial charge in [-0.2, -0.15) is 0 Å². The van der Waals surface area contributed by atoms with Crippen molar-refractivity contribution in [3.05, 3.63) is 63.8 Å². The Morgan fingerprint density at radius 2 is 1.95 bits per heavy atom. The minimum atomic E-state index is -0.207. The number of hydrogen-bond acceptors (Lipinski definition) is 3. The zero-order valence-electron chi connectivity index (χ0n) is 13.2. The van der Waals surface area contributed by atoms with Gasteiger partial charge < -0.3 is 5.32 Å². The molecule has 0 saturated carbocycles. The van der Waals surface area contributed by atoms with Gasteiger partial charge in [-0.05, 0) is 18.4 Å². The van der Waals surface area contributed by atoms with Crippen molar-refractivity contribution in [2.75, 3.05) is 0 Å². The van der Waals surface area contributed by atoms with Gasteiger partial charge in [0.1, 0.15) is 6.54 Å². The summed E-state index contributed by atoms with van der Waals surface area (Å²) in [6.45, 7) is 6.39. The number of nitrogens with one attached hydrogen (secondary N) is 1. The lowest BCUT2D eigenvalue weighted by Crippen LogP contribution is -2.32. The number of aryl methyl sites for hydroxylation is 1. The number of rotatable bonds is 5. The zero-order chi connectivity index (χ0) is 16.1. The number of aromatic nitrogens is 2. The van der Waals surface area contributed by atoms with Gasteiger partial charge in [0.15, 0.2) is 0 Å². The fourth-order valence-corrected chi connectivity index (χ4v) is 1.99. The van der Waals surface area contributed by atoms with Gasteiger partial charge in [0, 0.05) is 12.6 Å². The Morgan fingerprint density at radius 3 is 2.55 bits per heavy atom. The third-order valence-corrected chi connectivity index (χ3v) is 3.42. The van der Waals surface area contributed by atoms with Crippen LogP contribution in [0.3, 0.4) is 0 Å². The highest BCUT2D eigenvalue weighted by Crippen LogP contribution is 2.07. The zero-order valence-corrected chi connectivity index (χ0v) is 13.2. The number of carbonyl (C=O) groups excluding carboxylic acids is 1. The van der Waals surface area contributed by atoms with E-state index in [-0.39, 0.29) is 23.9 Å². The first kappa shape index (κ1) is 15.9. The van der Waals surface area contributed by atoms with Crippen LogP contribution in [0.25, 0.3) is 0 Å². The predicted octanol–water partition coefficient (Wildman–Crippen LogP) is 1.99. The summed E-state index contributed by atoms with van der Waals surface area (Å²) in [6, 6.07) is 9.43. The summed E-state index contributed by atoms with van der Waals surface area (Å²) < 4.78 is 1.32. The molecule has 0 saturated heterocycles. The molecule has 0 aliphatic heterocycles. The van der Waals surface area contributed by atoms with Crippen molar-refractivity contribution in [2.24, 2.45) is 0 Å². The van der Waals surface area contributed by atoms with E-state index in [0.29, 0.717) is 6.54 Å². The Labute approximate surface area is 130 Å². The molecule has 0 bridgehead atoms. The molecular formula is C17H21N3O2. The van der Waals surface area contributed by atoms with Gasteiger partial charge in [-0.1, -0.05) is 43.7 Å². The molecule has 1 amide bonds. The Balaban J connectivity index is 1.94. The Hall–Kier alpha value is -2.43. The lowest BCUT2D eigenvalue weighted by molar-refractivity contribution is -0.121. The van der Waals surface area contributed by atoms with Crippen molar-refractivity contribution in [1.82, 2.24) is 14.9 Å². The van der Waals surface area contributed by atoms with Gasteiger partial charge in [-0.3, -0.25) is 14.2 Å².